The normalized spacial score (nSPS) is 10.9. The topological polar surface area (TPSA) is 60.0 Å². The first kappa shape index (κ1) is 13.1. The maximum Gasteiger partial charge on any atom is 0.119 e. The summed E-state index contributed by atoms with van der Waals surface area (Å²) in [5, 5.41) is 8.47. The highest BCUT2D eigenvalue weighted by molar-refractivity contribution is 5.59. The van der Waals surface area contributed by atoms with Crippen LogP contribution in [0.1, 0.15) is 11.1 Å². The molecule has 0 bridgehead atoms. The minimum absolute atomic E-state index is 0.779. The molecule has 0 amide bonds. The van der Waals surface area contributed by atoms with E-state index in [1.54, 1.807) is 7.11 Å². The van der Waals surface area contributed by atoms with Gasteiger partial charge in [-0.2, -0.15) is 10.2 Å². The summed E-state index contributed by atoms with van der Waals surface area (Å²) in [5.41, 5.74) is 10.3. The minimum Gasteiger partial charge on any atom is -0.497 e. The first-order valence-corrected chi connectivity index (χ1v) is 6.02. The van der Waals surface area contributed by atoms with Gasteiger partial charge in [0, 0.05) is 5.69 Å². The van der Waals surface area contributed by atoms with E-state index in [4.69, 9.17) is 10.5 Å². The molecular formula is C15H17N3O. The monoisotopic (exact) mass is 255 g/mol. The quantitative estimate of drug-likeness (QED) is 0.656. The fraction of sp³-hybridized carbons (Fsp3) is 0.200. The summed E-state index contributed by atoms with van der Waals surface area (Å²) in [4.78, 5) is 0. The van der Waals surface area contributed by atoms with E-state index in [0.29, 0.717) is 0 Å². The number of azo groups is 1. The Kier molecular flexibility index (Phi) is 3.80. The zero-order valence-corrected chi connectivity index (χ0v) is 11.3. The lowest BCUT2D eigenvalue weighted by atomic mass is 10.1. The molecule has 0 atom stereocenters. The van der Waals surface area contributed by atoms with Crippen LogP contribution in [0.25, 0.3) is 0 Å². The smallest absolute Gasteiger partial charge is 0.119 e. The molecular weight excluding hydrogens is 238 g/mol. The van der Waals surface area contributed by atoms with Crippen molar-refractivity contribution in [1.29, 1.82) is 0 Å². The highest BCUT2D eigenvalue weighted by atomic mass is 16.5. The van der Waals surface area contributed by atoms with Gasteiger partial charge < -0.3 is 10.5 Å². The molecule has 0 saturated heterocycles. The number of aryl methyl sites for hydroxylation is 2. The van der Waals surface area contributed by atoms with E-state index >= 15 is 0 Å². The highest BCUT2D eigenvalue weighted by Gasteiger charge is 2.01. The number of methoxy groups -OCH3 is 1. The number of anilines is 1. The fourth-order valence-electron chi connectivity index (χ4n) is 1.69. The van der Waals surface area contributed by atoms with E-state index in [1.807, 2.05) is 50.2 Å². The van der Waals surface area contributed by atoms with E-state index < -0.39 is 0 Å². The summed E-state index contributed by atoms with van der Waals surface area (Å²) in [6.45, 7) is 3.93. The van der Waals surface area contributed by atoms with Crippen molar-refractivity contribution in [2.75, 3.05) is 12.8 Å². The van der Waals surface area contributed by atoms with Crippen LogP contribution in [0.15, 0.2) is 46.6 Å². The second-order valence-electron chi connectivity index (χ2n) is 4.39. The van der Waals surface area contributed by atoms with Crippen molar-refractivity contribution in [3.63, 3.8) is 0 Å². The Morgan fingerprint density at radius 1 is 0.947 bits per heavy atom. The zero-order valence-electron chi connectivity index (χ0n) is 11.3. The average molecular weight is 255 g/mol. The first-order valence-electron chi connectivity index (χ1n) is 6.02. The number of ether oxygens (including phenoxy) is 1. The Hall–Kier alpha value is -2.36. The van der Waals surface area contributed by atoms with Crippen molar-refractivity contribution < 1.29 is 4.74 Å². The molecule has 2 aromatic rings. The Morgan fingerprint density at radius 2 is 1.63 bits per heavy atom. The van der Waals surface area contributed by atoms with Crippen molar-refractivity contribution in [3.8, 4) is 5.75 Å². The number of nitrogens with two attached hydrogens (primary N) is 1. The van der Waals surface area contributed by atoms with Crippen LogP contribution in [0.5, 0.6) is 5.75 Å². The number of nitrogens with zero attached hydrogens (tertiary/aromatic N) is 2. The van der Waals surface area contributed by atoms with Gasteiger partial charge in [-0.05, 0) is 61.4 Å². The lowest BCUT2D eigenvalue weighted by molar-refractivity contribution is 0.415. The second kappa shape index (κ2) is 5.52. The molecule has 98 valence electrons. The van der Waals surface area contributed by atoms with Gasteiger partial charge >= 0.3 is 0 Å². The molecule has 4 heteroatoms. The first-order chi connectivity index (χ1) is 9.10. The van der Waals surface area contributed by atoms with Gasteiger partial charge in [-0.25, -0.2) is 0 Å². The highest BCUT2D eigenvalue weighted by Crippen LogP contribution is 2.27. The van der Waals surface area contributed by atoms with E-state index in [-0.39, 0.29) is 0 Å². The molecule has 0 aromatic heterocycles. The summed E-state index contributed by atoms with van der Waals surface area (Å²) in [6, 6.07) is 11.3. The van der Waals surface area contributed by atoms with E-state index in [2.05, 4.69) is 10.2 Å². The fourth-order valence-corrected chi connectivity index (χ4v) is 1.69. The van der Waals surface area contributed by atoms with Crippen molar-refractivity contribution in [3.05, 3.63) is 47.5 Å². The molecule has 2 N–H and O–H groups in total. The summed E-state index contributed by atoms with van der Waals surface area (Å²) in [5.74, 6) is 0.804. The third-order valence-corrected chi connectivity index (χ3v) is 2.93. The van der Waals surface area contributed by atoms with E-state index in [1.165, 1.54) is 0 Å². The van der Waals surface area contributed by atoms with Crippen LogP contribution >= 0.6 is 0 Å². The van der Waals surface area contributed by atoms with Gasteiger partial charge in [-0.15, -0.1) is 0 Å². The molecule has 0 radical (unpaired) electrons. The molecule has 0 aliphatic heterocycles. The minimum atomic E-state index is 0.779. The maximum atomic E-state index is 5.84. The summed E-state index contributed by atoms with van der Waals surface area (Å²) >= 11 is 0. The SMILES string of the molecule is COc1ccc(/N=N/c2cc(C)c(N)cc2C)cc1. The molecule has 0 spiro atoms. The van der Waals surface area contributed by atoms with Crippen LogP contribution in [0.4, 0.5) is 17.1 Å². The van der Waals surface area contributed by atoms with Crippen LogP contribution in [0.3, 0.4) is 0 Å². The van der Waals surface area contributed by atoms with Gasteiger partial charge in [0.15, 0.2) is 0 Å². The predicted molar refractivity (Wildman–Crippen MR) is 77.5 cm³/mol. The van der Waals surface area contributed by atoms with Crippen LogP contribution < -0.4 is 10.5 Å². The standard InChI is InChI=1S/C15H17N3O/c1-10-9-15(11(2)8-14(10)16)18-17-12-4-6-13(19-3)7-5-12/h4-9H,16H2,1-3H3/b18-17+. The van der Waals surface area contributed by atoms with Crippen LogP contribution in [-0.2, 0) is 0 Å². The van der Waals surface area contributed by atoms with Gasteiger partial charge in [0.1, 0.15) is 5.75 Å². The van der Waals surface area contributed by atoms with Gasteiger partial charge in [0.25, 0.3) is 0 Å². The molecule has 0 heterocycles. The van der Waals surface area contributed by atoms with Gasteiger partial charge in [0.2, 0.25) is 0 Å². The number of nitrogen functional groups attached to an aromatic ring is 1. The molecule has 0 aliphatic rings. The van der Waals surface area contributed by atoms with Crippen molar-refractivity contribution >= 4 is 17.1 Å². The molecule has 0 unspecified atom stereocenters. The molecule has 2 rings (SSSR count). The van der Waals surface area contributed by atoms with Crippen LogP contribution in [0.2, 0.25) is 0 Å². The molecule has 2 aromatic carbocycles. The average Bonchev–Trinajstić information content (AvgIpc) is 2.42. The van der Waals surface area contributed by atoms with Gasteiger partial charge in [-0.3, -0.25) is 0 Å². The number of hydrogen-bond donors (Lipinski definition) is 1. The molecule has 19 heavy (non-hydrogen) atoms. The van der Waals surface area contributed by atoms with Gasteiger partial charge in [-0.1, -0.05) is 0 Å². The Morgan fingerprint density at radius 3 is 2.26 bits per heavy atom. The van der Waals surface area contributed by atoms with Crippen molar-refractivity contribution in [1.82, 2.24) is 0 Å². The van der Waals surface area contributed by atoms with Crippen LogP contribution in [-0.4, -0.2) is 7.11 Å². The number of benzene rings is 2. The molecule has 0 aliphatic carbocycles. The Balaban J connectivity index is 2.24. The summed E-state index contributed by atoms with van der Waals surface area (Å²) < 4.78 is 5.09. The van der Waals surface area contributed by atoms with Crippen molar-refractivity contribution in [2.45, 2.75) is 13.8 Å². The van der Waals surface area contributed by atoms with Crippen LogP contribution in [0, 0.1) is 13.8 Å². The number of hydrogen-bond acceptors (Lipinski definition) is 4. The summed E-state index contributed by atoms with van der Waals surface area (Å²) in [7, 11) is 1.64. The largest absolute Gasteiger partial charge is 0.497 e. The predicted octanol–water partition coefficient (Wildman–Crippen LogP) is 4.31. The molecule has 0 fully saturated rings. The zero-order chi connectivity index (χ0) is 13.8. The third-order valence-electron chi connectivity index (χ3n) is 2.93. The lowest BCUT2D eigenvalue weighted by Gasteiger charge is -2.04. The van der Waals surface area contributed by atoms with E-state index in [0.717, 1.165) is 33.9 Å². The number of rotatable bonds is 3. The lowest BCUT2D eigenvalue weighted by Crippen LogP contribution is -1.89. The van der Waals surface area contributed by atoms with E-state index in [9.17, 15) is 0 Å². The Labute approximate surface area is 112 Å². The molecule has 0 saturated carbocycles. The van der Waals surface area contributed by atoms with Gasteiger partial charge in [0.05, 0.1) is 18.5 Å². The second-order valence-corrected chi connectivity index (χ2v) is 4.39. The maximum absolute atomic E-state index is 5.84. The third kappa shape index (κ3) is 3.10. The molecule has 4 nitrogen and oxygen atoms in total. The Bertz CT molecular complexity index is 604. The van der Waals surface area contributed by atoms with Crippen molar-refractivity contribution in [2.24, 2.45) is 10.2 Å². The summed E-state index contributed by atoms with van der Waals surface area (Å²) in [6.07, 6.45) is 0.